The quantitative estimate of drug-likeness (QED) is 0.753. The Morgan fingerprint density at radius 2 is 1.90 bits per heavy atom. The molecule has 20 heavy (non-hydrogen) atoms. The van der Waals surface area contributed by atoms with E-state index in [4.69, 9.17) is 4.74 Å². The first-order valence-corrected chi connectivity index (χ1v) is 8.16. The molecule has 1 aromatic rings. The molecule has 0 aliphatic heterocycles. The van der Waals surface area contributed by atoms with Crippen LogP contribution in [0.3, 0.4) is 0 Å². The topological polar surface area (TPSA) is 29.5 Å². The smallest absolute Gasteiger partial charge is 0.0839 e. The van der Waals surface area contributed by atoms with Crippen molar-refractivity contribution in [1.82, 2.24) is 0 Å². The number of unbranched alkanes of at least 4 members (excludes halogenated alkanes) is 3. The summed E-state index contributed by atoms with van der Waals surface area (Å²) in [6.07, 6.45) is 7.52. The molecule has 1 saturated carbocycles. The van der Waals surface area contributed by atoms with E-state index in [1.54, 1.807) is 0 Å². The molecule has 1 aliphatic rings. The van der Waals surface area contributed by atoms with Crippen molar-refractivity contribution in [2.24, 2.45) is 0 Å². The zero-order valence-corrected chi connectivity index (χ0v) is 12.6. The highest BCUT2D eigenvalue weighted by Crippen LogP contribution is 2.34. The lowest BCUT2D eigenvalue weighted by Gasteiger charge is -2.33. The number of aliphatic hydroxyl groups excluding tert-OH is 1. The van der Waals surface area contributed by atoms with Gasteiger partial charge in [-0.05, 0) is 37.2 Å². The van der Waals surface area contributed by atoms with Crippen molar-refractivity contribution in [1.29, 1.82) is 0 Å². The van der Waals surface area contributed by atoms with Gasteiger partial charge < -0.3 is 9.84 Å². The minimum absolute atomic E-state index is 0.0237. The van der Waals surface area contributed by atoms with Gasteiger partial charge in [0, 0.05) is 6.61 Å². The summed E-state index contributed by atoms with van der Waals surface area (Å²) in [5, 5.41) is 10.1. The van der Waals surface area contributed by atoms with Crippen molar-refractivity contribution in [3.63, 3.8) is 0 Å². The van der Waals surface area contributed by atoms with Crippen LogP contribution in [0, 0.1) is 0 Å². The van der Waals surface area contributed by atoms with Crippen LogP contribution in [0.25, 0.3) is 0 Å². The summed E-state index contributed by atoms with van der Waals surface area (Å²) in [6.45, 7) is 3.01. The average Bonchev–Trinajstić information content (AvgIpc) is 2.49. The van der Waals surface area contributed by atoms with E-state index in [-0.39, 0.29) is 12.2 Å². The average molecular weight is 276 g/mol. The summed E-state index contributed by atoms with van der Waals surface area (Å²) >= 11 is 0. The molecule has 2 rings (SSSR count). The van der Waals surface area contributed by atoms with Gasteiger partial charge in [0.05, 0.1) is 12.2 Å². The Bertz CT molecular complexity index is 363. The third-order valence-corrected chi connectivity index (χ3v) is 4.36. The van der Waals surface area contributed by atoms with Crippen molar-refractivity contribution in [3.05, 3.63) is 35.9 Å². The highest BCUT2D eigenvalue weighted by atomic mass is 16.5. The molecule has 1 fully saturated rings. The van der Waals surface area contributed by atoms with Crippen molar-refractivity contribution in [3.8, 4) is 0 Å². The summed E-state index contributed by atoms with van der Waals surface area (Å²) in [4.78, 5) is 0. The Kier molecular flexibility index (Phi) is 6.55. The fraction of sp³-hybridized carbons (Fsp3) is 0.667. The third kappa shape index (κ3) is 4.60. The second-order valence-corrected chi connectivity index (χ2v) is 5.96. The molecule has 1 aromatic carbocycles. The SMILES string of the molecule is CCCCCCOC1CC(c2ccccc2)CCC1O. The summed E-state index contributed by atoms with van der Waals surface area (Å²) in [5.41, 5.74) is 1.39. The van der Waals surface area contributed by atoms with Crippen LogP contribution in [0.5, 0.6) is 0 Å². The first kappa shape index (κ1) is 15.5. The van der Waals surface area contributed by atoms with Gasteiger partial charge in [-0.2, -0.15) is 0 Å². The van der Waals surface area contributed by atoms with Crippen LogP contribution < -0.4 is 0 Å². The predicted molar refractivity (Wildman–Crippen MR) is 82.9 cm³/mol. The lowest BCUT2D eigenvalue weighted by Crippen LogP contribution is -2.35. The van der Waals surface area contributed by atoms with Gasteiger partial charge in [-0.3, -0.25) is 0 Å². The van der Waals surface area contributed by atoms with E-state index in [0.29, 0.717) is 5.92 Å². The Morgan fingerprint density at radius 3 is 2.65 bits per heavy atom. The molecule has 1 aliphatic carbocycles. The number of ether oxygens (including phenoxy) is 1. The molecule has 112 valence electrons. The summed E-state index contributed by atoms with van der Waals surface area (Å²) < 4.78 is 5.94. The zero-order valence-electron chi connectivity index (χ0n) is 12.6. The highest BCUT2D eigenvalue weighted by Gasteiger charge is 2.30. The maximum absolute atomic E-state index is 10.1. The van der Waals surface area contributed by atoms with Crippen molar-refractivity contribution in [2.75, 3.05) is 6.61 Å². The van der Waals surface area contributed by atoms with Crippen LogP contribution in [0.2, 0.25) is 0 Å². The van der Waals surface area contributed by atoms with E-state index in [0.717, 1.165) is 32.3 Å². The fourth-order valence-electron chi connectivity index (χ4n) is 3.08. The monoisotopic (exact) mass is 276 g/mol. The van der Waals surface area contributed by atoms with Crippen molar-refractivity contribution < 1.29 is 9.84 Å². The van der Waals surface area contributed by atoms with Crippen molar-refractivity contribution in [2.45, 2.75) is 70.0 Å². The molecule has 0 spiro atoms. The van der Waals surface area contributed by atoms with Crippen LogP contribution >= 0.6 is 0 Å². The largest absolute Gasteiger partial charge is 0.390 e. The summed E-state index contributed by atoms with van der Waals surface area (Å²) in [7, 11) is 0. The third-order valence-electron chi connectivity index (χ3n) is 4.36. The molecule has 0 aromatic heterocycles. The molecule has 2 heteroatoms. The van der Waals surface area contributed by atoms with Crippen LogP contribution in [0.1, 0.15) is 63.4 Å². The maximum Gasteiger partial charge on any atom is 0.0839 e. The van der Waals surface area contributed by atoms with Crippen LogP contribution in [0.4, 0.5) is 0 Å². The summed E-state index contributed by atoms with van der Waals surface area (Å²) in [5.74, 6) is 0.542. The number of benzene rings is 1. The molecular formula is C18H28O2. The highest BCUT2D eigenvalue weighted by molar-refractivity contribution is 5.20. The number of hydrogen-bond donors (Lipinski definition) is 1. The summed E-state index contributed by atoms with van der Waals surface area (Å²) in [6, 6.07) is 10.6. The van der Waals surface area contributed by atoms with Gasteiger partial charge >= 0.3 is 0 Å². The van der Waals surface area contributed by atoms with Gasteiger partial charge in [-0.25, -0.2) is 0 Å². The molecule has 0 saturated heterocycles. The van der Waals surface area contributed by atoms with Crippen LogP contribution in [-0.2, 0) is 4.74 Å². The second-order valence-electron chi connectivity index (χ2n) is 5.96. The molecule has 2 nitrogen and oxygen atoms in total. The first-order valence-electron chi connectivity index (χ1n) is 8.16. The molecule has 0 radical (unpaired) electrons. The van der Waals surface area contributed by atoms with Crippen LogP contribution in [0.15, 0.2) is 30.3 Å². The van der Waals surface area contributed by atoms with E-state index in [1.807, 2.05) is 0 Å². The van der Waals surface area contributed by atoms with Gasteiger partial charge in [-0.1, -0.05) is 56.5 Å². The Labute approximate surface area is 123 Å². The van der Waals surface area contributed by atoms with Gasteiger partial charge in [0.2, 0.25) is 0 Å². The minimum atomic E-state index is -0.277. The molecule has 0 bridgehead atoms. The number of hydrogen-bond acceptors (Lipinski definition) is 2. The Hall–Kier alpha value is -0.860. The number of aliphatic hydroxyl groups is 1. The van der Waals surface area contributed by atoms with Gasteiger partial charge in [0.25, 0.3) is 0 Å². The van der Waals surface area contributed by atoms with Gasteiger partial charge in [-0.15, -0.1) is 0 Å². The van der Waals surface area contributed by atoms with E-state index in [9.17, 15) is 5.11 Å². The maximum atomic E-state index is 10.1. The number of rotatable bonds is 7. The van der Waals surface area contributed by atoms with E-state index in [2.05, 4.69) is 37.3 Å². The molecule has 0 heterocycles. The van der Waals surface area contributed by atoms with E-state index >= 15 is 0 Å². The Balaban J connectivity index is 1.79. The Morgan fingerprint density at radius 1 is 1.10 bits per heavy atom. The van der Waals surface area contributed by atoms with Crippen molar-refractivity contribution >= 4 is 0 Å². The lowest BCUT2D eigenvalue weighted by molar-refractivity contribution is -0.0642. The first-order chi connectivity index (χ1) is 9.81. The molecule has 3 atom stereocenters. The van der Waals surface area contributed by atoms with Crippen LogP contribution in [-0.4, -0.2) is 23.9 Å². The van der Waals surface area contributed by atoms with E-state index < -0.39 is 0 Å². The molecule has 3 unspecified atom stereocenters. The fourth-order valence-corrected chi connectivity index (χ4v) is 3.08. The zero-order chi connectivity index (χ0) is 14.2. The van der Waals surface area contributed by atoms with Gasteiger partial charge in [0.1, 0.15) is 0 Å². The standard InChI is InChI=1S/C18H28O2/c1-2-3-4-8-13-20-18-14-16(11-12-17(18)19)15-9-6-5-7-10-15/h5-7,9-10,16-19H,2-4,8,11-14H2,1H3. The van der Waals surface area contributed by atoms with E-state index in [1.165, 1.54) is 24.8 Å². The molecule has 1 N–H and O–H groups in total. The molecular weight excluding hydrogens is 248 g/mol. The van der Waals surface area contributed by atoms with Gasteiger partial charge in [0.15, 0.2) is 0 Å². The normalized spacial score (nSPS) is 26.6. The molecule has 0 amide bonds. The predicted octanol–water partition coefficient (Wildman–Crippen LogP) is 4.28. The second kappa shape index (κ2) is 8.43. The minimum Gasteiger partial charge on any atom is -0.390 e. The lowest BCUT2D eigenvalue weighted by atomic mass is 9.81.